The molecular formula is C18H15N3O4S. The summed E-state index contributed by atoms with van der Waals surface area (Å²) in [5, 5.41) is 17.0. The number of carboxylic acids is 1. The number of amides is 1. The number of hydrogen-bond donors (Lipinski definition) is 2. The second kappa shape index (κ2) is 7.32. The third-order valence-corrected chi connectivity index (χ3v) is 4.82. The highest BCUT2D eigenvalue weighted by atomic mass is 32.1. The summed E-state index contributed by atoms with van der Waals surface area (Å²) in [5.74, 6) is -1.05. The van der Waals surface area contributed by atoms with Gasteiger partial charge in [0, 0.05) is 5.56 Å². The second-order valence-electron chi connectivity index (χ2n) is 5.44. The van der Waals surface area contributed by atoms with Crippen molar-refractivity contribution in [3.63, 3.8) is 0 Å². The molecular weight excluding hydrogens is 354 g/mol. The van der Waals surface area contributed by atoms with E-state index in [1.165, 1.54) is 6.07 Å². The van der Waals surface area contributed by atoms with Crippen molar-refractivity contribution in [2.24, 2.45) is 5.10 Å². The minimum Gasteiger partial charge on any atom is -0.477 e. The number of thiophene rings is 1. The number of nitrogens with one attached hydrogen (secondary N) is 1. The fourth-order valence-electron chi connectivity index (χ4n) is 2.33. The van der Waals surface area contributed by atoms with Crippen molar-refractivity contribution < 1.29 is 19.2 Å². The molecule has 3 rings (SSSR count). The third kappa shape index (κ3) is 3.55. The minimum absolute atomic E-state index is 0.210. The summed E-state index contributed by atoms with van der Waals surface area (Å²) in [6.07, 6.45) is 0. The van der Waals surface area contributed by atoms with Crippen LogP contribution in [0.25, 0.3) is 11.3 Å². The van der Waals surface area contributed by atoms with Crippen LogP contribution < -0.4 is 5.43 Å². The van der Waals surface area contributed by atoms with Crippen molar-refractivity contribution in [1.82, 2.24) is 10.6 Å². The van der Waals surface area contributed by atoms with E-state index >= 15 is 0 Å². The number of rotatable bonds is 5. The number of aryl methyl sites for hydroxylation is 1. The van der Waals surface area contributed by atoms with E-state index in [0.717, 1.165) is 16.9 Å². The smallest absolute Gasteiger partial charge is 0.345 e. The van der Waals surface area contributed by atoms with E-state index in [1.807, 2.05) is 30.3 Å². The van der Waals surface area contributed by atoms with E-state index in [-0.39, 0.29) is 4.88 Å². The van der Waals surface area contributed by atoms with Gasteiger partial charge in [-0.1, -0.05) is 35.5 Å². The van der Waals surface area contributed by atoms with Gasteiger partial charge in [-0.3, -0.25) is 4.79 Å². The first kappa shape index (κ1) is 17.6. The molecule has 0 fully saturated rings. The molecule has 132 valence electrons. The fraction of sp³-hybridized carbons (Fsp3) is 0.111. The Bertz CT molecular complexity index is 989. The number of benzene rings is 1. The quantitative estimate of drug-likeness (QED) is 0.528. The lowest BCUT2D eigenvalue weighted by Crippen LogP contribution is -2.20. The molecule has 0 saturated carbocycles. The van der Waals surface area contributed by atoms with Gasteiger partial charge in [-0.25, -0.2) is 10.2 Å². The van der Waals surface area contributed by atoms with E-state index in [0.29, 0.717) is 27.6 Å². The molecule has 2 aromatic heterocycles. The molecule has 0 saturated heterocycles. The standard InChI is InChI=1S/C18H15N3O4S/c1-10(13-8-9-14(26-13)18(23)24)19-20-17(22)15-11(2)25-21-16(15)12-6-4-3-5-7-12/h3-9H,1-2H3,(H,20,22)(H,23,24)/b19-10+. The second-order valence-corrected chi connectivity index (χ2v) is 6.52. The Morgan fingerprint density at radius 2 is 1.85 bits per heavy atom. The highest BCUT2D eigenvalue weighted by molar-refractivity contribution is 7.15. The minimum atomic E-state index is -0.995. The van der Waals surface area contributed by atoms with Crippen molar-refractivity contribution in [3.05, 3.63) is 63.5 Å². The first-order valence-corrected chi connectivity index (χ1v) is 8.49. The van der Waals surface area contributed by atoms with E-state index in [2.05, 4.69) is 15.7 Å². The molecule has 2 heterocycles. The van der Waals surface area contributed by atoms with Crippen LogP contribution in [-0.2, 0) is 0 Å². The summed E-state index contributed by atoms with van der Waals surface area (Å²) in [4.78, 5) is 24.4. The van der Waals surface area contributed by atoms with Gasteiger partial charge in [-0.2, -0.15) is 5.10 Å². The van der Waals surface area contributed by atoms with E-state index < -0.39 is 11.9 Å². The first-order valence-electron chi connectivity index (χ1n) is 7.67. The molecule has 8 heteroatoms. The first-order chi connectivity index (χ1) is 12.5. The normalized spacial score (nSPS) is 11.4. The number of aromatic nitrogens is 1. The van der Waals surface area contributed by atoms with Crippen LogP contribution in [0.2, 0.25) is 0 Å². The highest BCUT2D eigenvalue weighted by Gasteiger charge is 2.21. The molecule has 26 heavy (non-hydrogen) atoms. The van der Waals surface area contributed by atoms with Crippen LogP contribution in [0.4, 0.5) is 0 Å². The van der Waals surface area contributed by atoms with Crippen LogP contribution >= 0.6 is 11.3 Å². The summed E-state index contributed by atoms with van der Waals surface area (Å²) in [7, 11) is 0. The Hall–Kier alpha value is -3.26. The van der Waals surface area contributed by atoms with Crippen LogP contribution in [0, 0.1) is 6.92 Å². The van der Waals surface area contributed by atoms with Crippen molar-refractivity contribution in [2.75, 3.05) is 0 Å². The molecule has 1 aromatic carbocycles. The number of carbonyl (C=O) groups excluding carboxylic acids is 1. The molecule has 7 nitrogen and oxygen atoms in total. The van der Waals surface area contributed by atoms with E-state index in [4.69, 9.17) is 9.63 Å². The molecule has 0 spiro atoms. The molecule has 0 aliphatic heterocycles. The van der Waals surface area contributed by atoms with Crippen molar-refractivity contribution in [1.29, 1.82) is 0 Å². The van der Waals surface area contributed by atoms with Crippen LogP contribution in [0.5, 0.6) is 0 Å². The third-order valence-electron chi connectivity index (χ3n) is 3.64. The number of hydrazone groups is 1. The van der Waals surface area contributed by atoms with Crippen LogP contribution in [0.1, 0.15) is 37.6 Å². The lowest BCUT2D eigenvalue weighted by atomic mass is 10.1. The molecule has 0 bridgehead atoms. The summed E-state index contributed by atoms with van der Waals surface area (Å²) in [6, 6.07) is 12.4. The van der Waals surface area contributed by atoms with Crippen LogP contribution in [0.3, 0.4) is 0 Å². The maximum atomic E-state index is 12.6. The van der Waals surface area contributed by atoms with Gasteiger partial charge < -0.3 is 9.63 Å². The number of carbonyl (C=O) groups is 2. The molecule has 0 unspecified atom stereocenters. The van der Waals surface area contributed by atoms with Crippen molar-refractivity contribution in [3.8, 4) is 11.3 Å². The predicted octanol–water partition coefficient (Wildman–Crippen LogP) is 3.56. The predicted molar refractivity (Wildman–Crippen MR) is 97.6 cm³/mol. The van der Waals surface area contributed by atoms with Crippen molar-refractivity contribution in [2.45, 2.75) is 13.8 Å². The van der Waals surface area contributed by atoms with Gasteiger partial charge in [-0.05, 0) is 26.0 Å². The SMILES string of the molecule is C/C(=N\NC(=O)c1c(-c2ccccc2)noc1C)c1ccc(C(=O)O)s1. The maximum absolute atomic E-state index is 12.6. The highest BCUT2D eigenvalue weighted by Crippen LogP contribution is 2.25. The Balaban J connectivity index is 1.82. The summed E-state index contributed by atoms with van der Waals surface area (Å²) in [5.41, 5.74) is 4.50. The van der Waals surface area contributed by atoms with Gasteiger partial charge in [-0.15, -0.1) is 11.3 Å². The zero-order valence-corrected chi connectivity index (χ0v) is 14.8. The monoisotopic (exact) mass is 369 g/mol. The molecule has 0 radical (unpaired) electrons. The Kier molecular flexibility index (Phi) is 4.94. The molecule has 0 aliphatic carbocycles. The molecule has 1 amide bonds. The lowest BCUT2D eigenvalue weighted by molar-refractivity contribution is 0.0702. The lowest BCUT2D eigenvalue weighted by Gasteiger charge is -2.03. The average Bonchev–Trinajstić information content (AvgIpc) is 3.27. The maximum Gasteiger partial charge on any atom is 0.345 e. The summed E-state index contributed by atoms with van der Waals surface area (Å²) >= 11 is 1.09. The molecule has 0 atom stereocenters. The molecule has 2 N–H and O–H groups in total. The van der Waals surface area contributed by atoms with E-state index in [9.17, 15) is 9.59 Å². The Morgan fingerprint density at radius 1 is 1.15 bits per heavy atom. The Morgan fingerprint density at radius 3 is 2.50 bits per heavy atom. The zero-order valence-electron chi connectivity index (χ0n) is 14.0. The van der Waals surface area contributed by atoms with Gasteiger partial charge >= 0.3 is 5.97 Å². The average molecular weight is 369 g/mol. The molecule has 0 aliphatic rings. The zero-order chi connectivity index (χ0) is 18.7. The number of hydrogen-bond acceptors (Lipinski definition) is 6. The summed E-state index contributed by atoms with van der Waals surface area (Å²) < 4.78 is 5.17. The van der Waals surface area contributed by atoms with Gasteiger partial charge in [0.1, 0.15) is 21.9 Å². The van der Waals surface area contributed by atoms with Crippen LogP contribution in [-0.4, -0.2) is 27.9 Å². The number of aromatic carboxylic acids is 1. The van der Waals surface area contributed by atoms with Gasteiger partial charge in [0.25, 0.3) is 5.91 Å². The topological polar surface area (TPSA) is 105 Å². The van der Waals surface area contributed by atoms with Gasteiger partial charge in [0.05, 0.1) is 10.6 Å². The number of nitrogens with zero attached hydrogens (tertiary/aromatic N) is 2. The Labute approximate surface area is 153 Å². The summed E-state index contributed by atoms with van der Waals surface area (Å²) in [6.45, 7) is 3.35. The van der Waals surface area contributed by atoms with Gasteiger partial charge in [0.2, 0.25) is 0 Å². The molecule has 3 aromatic rings. The largest absolute Gasteiger partial charge is 0.477 e. The van der Waals surface area contributed by atoms with Crippen molar-refractivity contribution >= 4 is 28.9 Å². The van der Waals surface area contributed by atoms with Gasteiger partial charge in [0.15, 0.2) is 0 Å². The van der Waals surface area contributed by atoms with E-state index in [1.54, 1.807) is 19.9 Å². The fourth-order valence-corrected chi connectivity index (χ4v) is 3.12. The number of carboxylic acid groups (broad SMARTS) is 1. The van der Waals surface area contributed by atoms with Crippen LogP contribution in [0.15, 0.2) is 52.1 Å².